The van der Waals surface area contributed by atoms with Gasteiger partial charge in [-0.25, -0.2) is 10.0 Å². The highest BCUT2D eigenvalue weighted by Gasteiger charge is 2.37. The first-order chi connectivity index (χ1) is 12.1. The topological polar surface area (TPSA) is 85.5 Å². The minimum absolute atomic E-state index is 0.164. The predicted molar refractivity (Wildman–Crippen MR) is 86.1 cm³/mol. The van der Waals surface area contributed by atoms with Crippen molar-refractivity contribution in [3.05, 3.63) is 36.2 Å². The molecule has 0 radical (unpaired) electrons. The summed E-state index contributed by atoms with van der Waals surface area (Å²) >= 11 is 0. The zero-order valence-corrected chi connectivity index (χ0v) is 14.0. The Labute approximate surface area is 144 Å². The fourth-order valence-electron chi connectivity index (χ4n) is 3.25. The largest absolute Gasteiger partial charge is 0.340 e. The second-order valence-electron chi connectivity index (χ2n) is 6.37. The molecule has 1 fully saturated rings. The van der Waals surface area contributed by atoms with Crippen LogP contribution in [0.3, 0.4) is 0 Å². The molecule has 9 nitrogen and oxygen atoms in total. The average molecular weight is 344 g/mol. The molecule has 2 aliphatic heterocycles. The molecule has 132 valence electrons. The second kappa shape index (κ2) is 6.32. The van der Waals surface area contributed by atoms with Gasteiger partial charge in [0.1, 0.15) is 5.69 Å². The summed E-state index contributed by atoms with van der Waals surface area (Å²) in [6.45, 7) is 1.77. The third-order valence-electron chi connectivity index (χ3n) is 4.54. The lowest BCUT2D eigenvalue weighted by Gasteiger charge is -2.36. The lowest BCUT2D eigenvalue weighted by Crippen LogP contribution is -2.49. The van der Waals surface area contributed by atoms with Crippen molar-refractivity contribution in [2.75, 3.05) is 19.7 Å². The van der Waals surface area contributed by atoms with Gasteiger partial charge >= 0.3 is 0 Å². The van der Waals surface area contributed by atoms with E-state index in [1.807, 2.05) is 13.1 Å². The number of nitrogens with zero attached hydrogens (tertiary/aromatic N) is 6. The van der Waals surface area contributed by atoms with Crippen molar-refractivity contribution in [3.63, 3.8) is 0 Å². The summed E-state index contributed by atoms with van der Waals surface area (Å²) in [7, 11) is 1.81. The lowest BCUT2D eigenvalue weighted by molar-refractivity contribution is -0.201. The van der Waals surface area contributed by atoms with E-state index in [9.17, 15) is 9.59 Å². The Morgan fingerprint density at radius 2 is 2.20 bits per heavy atom. The molecule has 0 unspecified atom stereocenters. The zero-order valence-electron chi connectivity index (χ0n) is 14.0. The molecule has 0 aliphatic carbocycles. The molecule has 4 rings (SSSR count). The number of amides is 2. The van der Waals surface area contributed by atoms with Crippen LogP contribution in [-0.4, -0.2) is 60.8 Å². The first kappa shape index (κ1) is 15.8. The van der Waals surface area contributed by atoms with Gasteiger partial charge in [-0.3, -0.25) is 19.1 Å². The molecular weight excluding hydrogens is 324 g/mol. The van der Waals surface area contributed by atoms with Crippen LogP contribution in [0.5, 0.6) is 0 Å². The first-order valence-electron chi connectivity index (χ1n) is 8.37. The minimum atomic E-state index is -0.579. The number of aryl methyl sites for hydroxylation is 1. The molecule has 4 heterocycles. The third kappa shape index (κ3) is 2.91. The molecule has 25 heavy (non-hydrogen) atoms. The number of fused-ring (bicyclic) bond motifs is 1. The summed E-state index contributed by atoms with van der Waals surface area (Å²) in [6.07, 6.45) is 6.79. The number of aromatic nitrogens is 4. The molecule has 1 atom stereocenters. The van der Waals surface area contributed by atoms with E-state index in [1.165, 1.54) is 5.06 Å². The van der Waals surface area contributed by atoms with Crippen molar-refractivity contribution in [2.24, 2.45) is 7.05 Å². The summed E-state index contributed by atoms with van der Waals surface area (Å²) in [4.78, 5) is 36.9. The SMILES string of the molecule is Cn1cnc(C(=O)N2Cc3ccnn3[C@@H](C(=O)N3CCCCO3)C2)c1. The van der Waals surface area contributed by atoms with E-state index in [0.29, 0.717) is 25.4 Å². The van der Waals surface area contributed by atoms with Crippen LogP contribution in [0.2, 0.25) is 0 Å². The van der Waals surface area contributed by atoms with Crippen molar-refractivity contribution in [1.82, 2.24) is 29.3 Å². The smallest absolute Gasteiger partial charge is 0.274 e. The molecule has 1 saturated heterocycles. The fraction of sp³-hybridized carbons (Fsp3) is 0.500. The Bertz CT molecular complexity index is 791. The lowest BCUT2D eigenvalue weighted by atomic mass is 10.1. The summed E-state index contributed by atoms with van der Waals surface area (Å²) in [5.41, 5.74) is 1.20. The van der Waals surface area contributed by atoms with Gasteiger partial charge in [-0.15, -0.1) is 0 Å². The predicted octanol–water partition coefficient (Wildman–Crippen LogP) is 0.368. The third-order valence-corrected chi connectivity index (χ3v) is 4.54. The summed E-state index contributed by atoms with van der Waals surface area (Å²) in [6, 6.07) is 1.25. The molecule has 2 aliphatic rings. The number of hydrogen-bond acceptors (Lipinski definition) is 5. The summed E-state index contributed by atoms with van der Waals surface area (Å²) < 4.78 is 3.42. The van der Waals surface area contributed by atoms with Gasteiger partial charge in [0.15, 0.2) is 6.04 Å². The van der Waals surface area contributed by atoms with Crippen molar-refractivity contribution in [1.29, 1.82) is 0 Å². The van der Waals surface area contributed by atoms with E-state index in [0.717, 1.165) is 18.5 Å². The number of imidazole rings is 1. The highest BCUT2D eigenvalue weighted by molar-refractivity contribution is 5.92. The maximum absolute atomic E-state index is 12.9. The normalized spacial score (nSPS) is 20.4. The van der Waals surface area contributed by atoms with Crippen LogP contribution in [0.4, 0.5) is 0 Å². The van der Waals surface area contributed by atoms with Crippen molar-refractivity contribution >= 4 is 11.8 Å². The Morgan fingerprint density at radius 3 is 2.92 bits per heavy atom. The van der Waals surface area contributed by atoms with Crippen LogP contribution in [0.1, 0.15) is 35.1 Å². The van der Waals surface area contributed by atoms with Gasteiger partial charge in [-0.2, -0.15) is 5.10 Å². The van der Waals surface area contributed by atoms with Crippen molar-refractivity contribution in [2.45, 2.75) is 25.4 Å². The number of carbonyl (C=O) groups is 2. The highest BCUT2D eigenvalue weighted by atomic mass is 16.7. The molecule has 0 N–H and O–H groups in total. The Morgan fingerprint density at radius 1 is 1.32 bits per heavy atom. The summed E-state index contributed by atoms with van der Waals surface area (Å²) in [5.74, 6) is -0.353. The quantitative estimate of drug-likeness (QED) is 0.786. The van der Waals surface area contributed by atoms with Gasteiger partial charge in [0, 0.05) is 26.0 Å². The average Bonchev–Trinajstić information content (AvgIpc) is 3.29. The van der Waals surface area contributed by atoms with E-state index < -0.39 is 6.04 Å². The molecule has 0 saturated carbocycles. The van der Waals surface area contributed by atoms with Gasteiger partial charge in [-0.1, -0.05) is 0 Å². The van der Waals surface area contributed by atoms with E-state index in [4.69, 9.17) is 4.84 Å². The second-order valence-corrected chi connectivity index (χ2v) is 6.37. The molecule has 9 heteroatoms. The molecule has 2 amide bonds. The summed E-state index contributed by atoms with van der Waals surface area (Å²) in [5, 5.41) is 5.69. The highest BCUT2D eigenvalue weighted by Crippen LogP contribution is 2.24. The minimum Gasteiger partial charge on any atom is -0.340 e. The van der Waals surface area contributed by atoms with Crippen LogP contribution < -0.4 is 0 Å². The Hall–Kier alpha value is -2.68. The van der Waals surface area contributed by atoms with Gasteiger partial charge < -0.3 is 9.47 Å². The van der Waals surface area contributed by atoms with Crippen molar-refractivity contribution in [3.8, 4) is 0 Å². The van der Waals surface area contributed by atoms with Gasteiger partial charge in [-0.05, 0) is 18.9 Å². The number of rotatable bonds is 2. The van der Waals surface area contributed by atoms with Crippen molar-refractivity contribution < 1.29 is 14.4 Å². The van der Waals surface area contributed by atoms with Gasteiger partial charge in [0.05, 0.1) is 31.7 Å². The molecule has 0 bridgehead atoms. The number of hydrogen-bond donors (Lipinski definition) is 0. The van der Waals surface area contributed by atoms with E-state index >= 15 is 0 Å². The van der Waals surface area contributed by atoms with Crippen LogP contribution in [0.25, 0.3) is 0 Å². The van der Waals surface area contributed by atoms with Crippen LogP contribution in [0, 0.1) is 0 Å². The molecular formula is C16H20N6O3. The van der Waals surface area contributed by atoms with E-state index in [1.54, 1.807) is 32.9 Å². The number of carbonyl (C=O) groups excluding carboxylic acids is 2. The van der Waals surface area contributed by atoms with Crippen LogP contribution in [-0.2, 0) is 23.2 Å². The molecule has 0 spiro atoms. The molecule has 0 aromatic carbocycles. The van der Waals surface area contributed by atoms with E-state index in [-0.39, 0.29) is 18.4 Å². The van der Waals surface area contributed by atoms with Crippen LogP contribution >= 0.6 is 0 Å². The molecule has 2 aromatic rings. The maximum atomic E-state index is 12.9. The molecule has 2 aromatic heterocycles. The zero-order chi connectivity index (χ0) is 17.4. The fourth-order valence-corrected chi connectivity index (χ4v) is 3.25. The Kier molecular flexibility index (Phi) is 4.00. The van der Waals surface area contributed by atoms with Gasteiger partial charge in [0.25, 0.3) is 11.8 Å². The van der Waals surface area contributed by atoms with Gasteiger partial charge in [0.2, 0.25) is 0 Å². The first-order valence-corrected chi connectivity index (χ1v) is 8.37. The van der Waals surface area contributed by atoms with Crippen LogP contribution in [0.15, 0.2) is 24.8 Å². The Balaban J connectivity index is 1.59. The van der Waals surface area contributed by atoms with E-state index in [2.05, 4.69) is 10.1 Å². The maximum Gasteiger partial charge on any atom is 0.274 e. The standard InChI is InChI=1S/C16H20N6O3/c1-19-9-13(17-11-19)15(23)20-8-12-4-5-18-22(12)14(10-20)16(24)21-6-2-3-7-25-21/h4-5,9,11,14H,2-3,6-8,10H2,1H3/t14-/m1/s1. The monoisotopic (exact) mass is 344 g/mol. The number of hydroxylamine groups is 2.